The third-order valence-electron chi connectivity index (χ3n) is 8.46. The predicted molar refractivity (Wildman–Crippen MR) is 233 cm³/mol. The Morgan fingerprint density at radius 3 is 0.403 bits per heavy atom. The Labute approximate surface area is 551 Å². The van der Waals surface area contributed by atoms with Gasteiger partial charge in [-0.25, -0.2) is 50.5 Å². The van der Waals surface area contributed by atoms with Gasteiger partial charge in [-0.1, -0.05) is 146 Å². The Morgan fingerprint density at radius 2 is 0.306 bits per heavy atom. The molecule has 0 aromatic heterocycles. The molecule has 0 atom stereocenters. The molecule has 18 nitrogen and oxygen atoms in total. The van der Waals surface area contributed by atoms with Gasteiger partial charge in [0.2, 0.25) is 0 Å². The molecule has 0 aliphatic heterocycles. The van der Waals surface area contributed by atoms with E-state index in [0.717, 1.165) is 36.4 Å². The largest absolute Gasteiger partial charge is 1.00 e. The van der Waals surface area contributed by atoms with Gasteiger partial charge >= 0.3 is 177 Å². The minimum absolute atomic E-state index is 0. The molecule has 0 heterocycles. The van der Waals surface area contributed by atoms with Gasteiger partial charge in [-0.05, 0) is 69.8 Å². The van der Waals surface area contributed by atoms with Gasteiger partial charge in [0.1, 0.15) is 60.7 Å². The normalized spacial score (nSPS) is 11.6. The van der Waals surface area contributed by atoms with Gasteiger partial charge in [0.25, 0.3) is 0 Å². The van der Waals surface area contributed by atoms with Crippen LogP contribution in [0.2, 0.25) is 0 Å². The molecule has 0 radical (unpaired) electrons. The smallest absolute Gasteiger partial charge is 0.744 e. The molecule has 0 bridgehead atoms. The van der Waals surface area contributed by atoms with Crippen molar-refractivity contribution in [2.24, 2.45) is 0 Å². The van der Waals surface area contributed by atoms with E-state index in [1.165, 1.54) is 146 Å². The molecule has 0 spiro atoms. The van der Waals surface area contributed by atoms with Crippen molar-refractivity contribution in [1.29, 1.82) is 0 Å². The van der Waals surface area contributed by atoms with Crippen molar-refractivity contribution in [3.8, 4) is 0 Å². The third-order valence-corrected chi connectivity index (χ3v) is 13.9. The van der Waals surface area contributed by atoms with E-state index in [2.05, 4.69) is 0 Å². The molecule has 0 N–H and O–H groups in total. The zero-order chi connectivity index (χ0) is 49.1. The Kier molecular flexibility index (Phi) is 35.4. The second kappa shape index (κ2) is 33.4. The molecule has 0 fully saturated rings. The Balaban J connectivity index is -0.000000952. The fourth-order valence-corrected chi connectivity index (χ4v) is 9.63. The van der Waals surface area contributed by atoms with Gasteiger partial charge in [-0.2, -0.15) is 0 Å². The summed E-state index contributed by atoms with van der Waals surface area (Å²) in [5, 5.41) is 0. The first kappa shape index (κ1) is 76.2. The maximum Gasteiger partial charge on any atom is 1.00 e. The number of rotatable bonds is 12. The number of hydrogen-bond donors (Lipinski definition) is 0. The SMILES string of the molecule is O=S(=O)([O-])c1ccccc1C=Cc1ccccc1S(=O)(=O)[O-].O=S(=O)([O-])c1ccccc1C=Cc1ccccc1S(=O)(=O)[O-].O=S(=O)([O-])c1ccccc1C=Cc1ccccc1S(=O)(=O)[O-].[Na+].[Na+].[Na+].[Na+].[Na+].[Na+]. The molecule has 0 unspecified atom stereocenters. The standard InChI is InChI=1S/3C14H12O6S2.6Na/c3*15-21(16,17)13-7-3-1-5-11(13)9-10-12-6-2-4-8-14(12)22(18,19)20;;;;;;/h3*1-10H,(H,15,16,17)(H,18,19,20);;;;;;/q;;;6*+1/p-6. The van der Waals surface area contributed by atoms with Gasteiger partial charge in [0.05, 0.1) is 29.4 Å². The average molecular weight is 1150 g/mol. The van der Waals surface area contributed by atoms with Crippen molar-refractivity contribution < 1.29 is 255 Å². The van der Waals surface area contributed by atoms with E-state index in [0.29, 0.717) is 0 Å². The first-order valence-electron chi connectivity index (χ1n) is 17.9. The van der Waals surface area contributed by atoms with Crippen LogP contribution in [-0.4, -0.2) is 77.8 Å². The second-order valence-electron chi connectivity index (χ2n) is 13.0. The zero-order valence-corrected chi connectivity index (χ0v) is 56.0. The predicted octanol–water partition coefficient (Wildman–Crippen LogP) is -13.0. The zero-order valence-electron chi connectivity index (χ0n) is 39.1. The van der Waals surface area contributed by atoms with Crippen molar-refractivity contribution >= 4 is 97.2 Å². The van der Waals surface area contributed by atoms with Crippen LogP contribution in [0, 0.1) is 0 Å². The summed E-state index contributed by atoms with van der Waals surface area (Å²) in [5.74, 6) is 0. The molecule has 0 saturated heterocycles. The van der Waals surface area contributed by atoms with E-state index >= 15 is 0 Å². The van der Waals surface area contributed by atoms with E-state index < -0.39 is 90.1 Å². The van der Waals surface area contributed by atoms with Crippen molar-refractivity contribution in [2.75, 3.05) is 0 Å². The molecule has 6 aromatic rings. The minimum Gasteiger partial charge on any atom is -0.744 e. The van der Waals surface area contributed by atoms with E-state index in [4.69, 9.17) is 0 Å². The minimum atomic E-state index is -4.66. The summed E-state index contributed by atoms with van der Waals surface area (Å²) in [5.41, 5.74) is 0.642. The molecule has 0 aliphatic rings. The molecular weight excluding hydrogens is 1120 g/mol. The summed E-state index contributed by atoms with van der Waals surface area (Å²) in [4.78, 5) is -2.53. The van der Waals surface area contributed by atoms with E-state index in [1.54, 1.807) is 0 Å². The molecule has 0 saturated carbocycles. The maximum atomic E-state index is 11.2. The molecule has 0 amide bonds. The van der Waals surface area contributed by atoms with E-state index in [9.17, 15) is 77.8 Å². The van der Waals surface area contributed by atoms with Gasteiger partial charge < -0.3 is 27.3 Å². The first-order chi connectivity index (χ1) is 30.6. The number of benzene rings is 6. The maximum absolute atomic E-state index is 11.2. The van der Waals surface area contributed by atoms with Crippen LogP contribution in [0.1, 0.15) is 33.4 Å². The topological polar surface area (TPSA) is 343 Å². The van der Waals surface area contributed by atoms with Crippen LogP contribution < -0.4 is 177 Å². The Bertz CT molecular complexity index is 2950. The Morgan fingerprint density at radius 1 is 0.208 bits per heavy atom. The van der Waals surface area contributed by atoms with Crippen molar-refractivity contribution in [2.45, 2.75) is 29.4 Å². The fraction of sp³-hybridized carbons (Fsp3) is 0. The van der Waals surface area contributed by atoms with E-state index in [1.807, 2.05) is 0 Å². The van der Waals surface area contributed by atoms with Gasteiger partial charge in [0, 0.05) is 0 Å². The van der Waals surface area contributed by atoms with Crippen LogP contribution in [0.3, 0.4) is 0 Å². The third kappa shape index (κ3) is 24.3. The molecule has 30 heteroatoms. The van der Waals surface area contributed by atoms with Crippen LogP contribution in [0.15, 0.2) is 175 Å². The van der Waals surface area contributed by atoms with Gasteiger partial charge in [-0.15, -0.1) is 0 Å². The monoisotopic (exact) mass is 1150 g/mol. The van der Waals surface area contributed by atoms with Crippen LogP contribution in [-0.2, 0) is 60.7 Å². The summed E-state index contributed by atoms with van der Waals surface area (Å²) in [6.07, 6.45) is 7.64. The van der Waals surface area contributed by atoms with Crippen LogP contribution in [0.5, 0.6) is 0 Å². The molecule has 6 aromatic carbocycles. The Hall–Kier alpha value is 0.00000000000000266. The molecule has 6 rings (SSSR count). The molecule has 72 heavy (non-hydrogen) atoms. The summed E-state index contributed by atoms with van der Waals surface area (Å²) in [6.45, 7) is 0. The molecular formula is C42H30Na6O18S6. The van der Waals surface area contributed by atoms with Crippen molar-refractivity contribution in [3.05, 3.63) is 179 Å². The van der Waals surface area contributed by atoms with Crippen LogP contribution in [0.25, 0.3) is 36.5 Å². The van der Waals surface area contributed by atoms with Crippen molar-refractivity contribution in [3.63, 3.8) is 0 Å². The summed E-state index contributed by atoms with van der Waals surface area (Å²) in [6, 6.07) is 32.9. The van der Waals surface area contributed by atoms with Crippen LogP contribution >= 0.6 is 0 Å². The fourth-order valence-electron chi connectivity index (χ4n) is 5.61. The second-order valence-corrected chi connectivity index (χ2v) is 21.0. The van der Waals surface area contributed by atoms with Crippen LogP contribution in [0.4, 0.5) is 0 Å². The molecule has 0 aliphatic carbocycles. The first-order valence-corrected chi connectivity index (χ1v) is 26.4. The summed E-state index contributed by atoms with van der Waals surface area (Å²) in [7, 11) is -27.9. The molecule has 348 valence electrons. The van der Waals surface area contributed by atoms with E-state index in [-0.39, 0.29) is 211 Å². The number of hydrogen-bond acceptors (Lipinski definition) is 18. The average Bonchev–Trinajstić information content (AvgIpc) is 3.23. The quantitative estimate of drug-likeness (QED) is 0.0624. The van der Waals surface area contributed by atoms with Gasteiger partial charge in [0.15, 0.2) is 0 Å². The summed E-state index contributed by atoms with van der Waals surface area (Å²) >= 11 is 0. The van der Waals surface area contributed by atoms with Gasteiger partial charge in [-0.3, -0.25) is 0 Å². The summed E-state index contributed by atoms with van der Waals surface area (Å²) < 4.78 is 201. The van der Waals surface area contributed by atoms with Crippen molar-refractivity contribution in [1.82, 2.24) is 0 Å².